The van der Waals surface area contributed by atoms with Gasteiger partial charge in [0.1, 0.15) is 25.8 Å². The lowest BCUT2D eigenvalue weighted by Crippen LogP contribution is -2.51. The fraction of sp³-hybridized carbons (Fsp3) is 0.462. The van der Waals surface area contributed by atoms with Crippen LogP contribution < -0.4 is 19.1 Å². The molecule has 38 heavy (non-hydrogen) atoms. The summed E-state index contributed by atoms with van der Waals surface area (Å²) < 4.78 is 38.4. The van der Waals surface area contributed by atoms with Gasteiger partial charge in [0.2, 0.25) is 21.8 Å². The molecule has 0 bridgehead atoms. The van der Waals surface area contributed by atoms with Gasteiger partial charge in [-0.3, -0.25) is 13.9 Å². The zero-order chi connectivity index (χ0) is 27.9. The summed E-state index contributed by atoms with van der Waals surface area (Å²) in [7, 11) is -3.87. The molecule has 1 aliphatic rings. The topological polar surface area (TPSA) is 105 Å². The fourth-order valence-electron chi connectivity index (χ4n) is 3.86. The molecule has 208 valence electrons. The second kappa shape index (κ2) is 13.4. The van der Waals surface area contributed by atoms with E-state index in [9.17, 15) is 18.0 Å². The molecule has 1 aliphatic heterocycles. The van der Waals surface area contributed by atoms with Crippen molar-refractivity contribution >= 4 is 50.7 Å². The van der Waals surface area contributed by atoms with Crippen molar-refractivity contribution < 1.29 is 27.5 Å². The molecule has 9 nitrogen and oxygen atoms in total. The number of hydrogen-bond donors (Lipinski definition) is 1. The molecule has 3 rings (SSSR count). The minimum Gasteiger partial charge on any atom is -0.486 e. The molecule has 0 aliphatic carbocycles. The Labute approximate surface area is 234 Å². The third-order valence-electron chi connectivity index (χ3n) is 6.13. The first-order valence-corrected chi connectivity index (χ1v) is 14.8. The summed E-state index contributed by atoms with van der Waals surface area (Å²) in [4.78, 5) is 28.0. The van der Waals surface area contributed by atoms with Crippen LogP contribution in [0.5, 0.6) is 11.5 Å². The SMILES string of the molecule is CCCCNC(=O)C(C)N(Cc1ccc(Cl)c(Cl)c1)C(=O)CN(c1ccc2c(c1)OCCO2)S(=O)(=O)CC. The van der Waals surface area contributed by atoms with Crippen LogP contribution in [0.1, 0.15) is 39.2 Å². The van der Waals surface area contributed by atoms with Crippen molar-refractivity contribution in [2.45, 2.75) is 46.2 Å². The number of fused-ring (bicyclic) bond motifs is 1. The van der Waals surface area contributed by atoms with Crippen molar-refractivity contribution in [1.82, 2.24) is 10.2 Å². The van der Waals surface area contributed by atoms with Gasteiger partial charge in [0.05, 0.1) is 21.5 Å². The van der Waals surface area contributed by atoms with Crippen LogP contribution in [0.2, 0.25) is 10.0 Å². The van der Waals surface area contributed by atoms with E-state index in [1.54, 1.807) is 43.3 Å². The number of benzene rings is 2. The van der Waals surface area contributed by atoms with Gasteiger partial charge in [-0.1, -0.05) is 42.6 Å². The number of hydrogen-bond acceptors (Lipinski definition) is 6. The normalized spacial score (nSPS) is 13.5. The highest BCUT2D eigenvalue weighted by molar-refractivity contribution is 7.92. The second-order valence-corrected chi connectivity index (χ2v) is 11.8. The van der Waals surface area contributed by atoms with Gasteiger partial charge in [0, 0.05) is 19.2 Å². The molecule has 0 fully saturated rings. The van der Waals surface area contributed by atoms with E-state index >= 15 is 0 Å². The average Bonchev–Trinajstić information content (AvgIpc) is 2.91. The van der Waals surface area contributed by atoms with Gasteiger partial charge >= 0.3 is 0 Å². The van der Waals surface area contributed by atoms with Crippen molar-refractivity contribution in [2.24, 2.45) is 0 Å². The summed E-state index contributed by atoms with van der Waals surface area (Å²) in [6.07, 6.45) is 1.70. The van der Waals surface area contributed by atoms with Crippen molar-refractivity contribution in [2.75, 3.05) is 36.4 Å². The molecule has 2 aromatic rings. The summed E-state index contributed by atoms with van der Waals surface area (Å²) in [5.41, 5.74) is 0.907. The summed E-state index contributed by atoms with van der Waals surface area (Å²) in [5.74, 6) is -0.223. The van der Waals surface area contributed by atoms with Crippen LogP contribution in [0.15, 0.2) is 36.4 Å². The number of halogens is 2. The van der Waals surface area contributed by atoms with E-state index < -0.39 is 28.5 Å². The molecular weight excluding hydrogens is 553 g/mol. The third-order valence-corrected chi connectivity index (χ3v) is 8.61. The molecular formula is C26H33Cl2N3O6S. The monoisotopic (exact) mass is 585 g/mol. The van der Waals surface area contributed by atoms with Gasteiger partial charge in [0.25, 0.3) is 0 Å². The molecule has 0 radical (unpaired) electrons. The first-order chi connectivity index (χ1) is 18.1. The predicted molar refractivity (Wildman–Crippen MR) is 149 cm³/mol. The predicted octanol–water partition coefficient (Wildman–Crippen LogP) is 4.25. The van der Waals surface area contributed by atoms with Crippen LogP contribution in [-0.4, -0.2) is 63.2 Å². The van der Waals surface area contributed by atoms with E-state index in [2.05, 4.69) is 5.32 Å². The fourth-order valence-corrected chi connectivity index (χ4v) is 5.23. The Morgan fingerprint density at radius 2 is 1.74 bits per heavy atom. The van der Waals surface area contributed by atoms with Gasteiger partial charge in [0.15, 0.2) is 11.5 Å². The number of sulfonamides is 1. The number of anilines is 1. The number of ether oxygens (including phenoxy) is 2. The van der Waals surface area contributed by atoms with Crippen molar-refractivity contribution in [1.29, 1.82) is 0 Å². The first-order valence-electron chi connectivity index (χ1n) is 12.5. The quantitative estimate of drug-likeness (QED) is 0.373. The maximum absolute atomic E-state index is 13.7. The Balaban J connectivity index is 1.93. The van der Waals surface area contributed by atoms with Gasteiger partial charge < -0.3 is 19.7 Å². The van der Waals surface area contributed by atoms with Gasteiger partial charge in [-0.15, -0.1) is 0 Å². The van der Waals surface area contributed by atoms with E-state index in [0.29, 0.717) is 46.9 Å². The number of carbonyl (C=O) groups excluding carboxylic acids is 2. The van der Waals surface area contributed by atoms with Gasteiger partial charge in [-0.2, -0.15) is 0 Å². The molecule has 0 saturated carbocycles. The molecule has 1 N–H and O–H groups in total. The van der Waals surface area contributed by atoms with E-state index in [4.69, 9.17) is 32.7 Å². The zero-order valence-electron chi connectivity index (χ0n) is 21.7. The number of unbranched alkanes of at least 4 members (excludes halogenated alkanes) is 1. The van der Waals surface area contributed by atoms with Crippen LogP contribution in [0.4, 0.5) is 5.69 Å². The van der Waals surface area contributed by atoms with E-state index in [1.165, 1.54) is 11.8 Å². The average molecular weight is 587 g/mol. The van der Waals surface area contributed by atoms with Crippen LogP contribution in [0.3, 0.4) is 0 Å². The van der Waals surface area contributed by atoms with Gasteiger partial charge in [-0.25, -0.2) is 8.42 Å². The van der Waals surface area contributed by atoms with E-state index in [1.807, 2.05) is 6.92 Å². The lowest BCUT2D eigenvalue weighted by atomic mass is 10.1. The first kappa shape index (κ1) is 29.9. The second-order valence-electron chi connectivity index (χ2n) is 8.83. The molecule has 1 atom stereocenters. The highest BCUT2D eigenvalue weighted by Gasteiger charge is 2.31. The third kappa shape index (κ3) is 7.45. The minimum absolute atomic E-state index is 0.0270. The number of amides is 2. The summed E-state index contributed by atoms with van der Waals surface area (Å²) in [5, 5.41) is 3.51. The van der Waals surface area contributed by atoms with E-state index in [0.717, 1.165) is 17.1 Å². The molecule has 0 saturated heterocycles. The van der Waals surface area contributed by atoms with Crippen LogP contribution in [0, 0.1) is 0 Å². The Kier molecular flexibility index (Phi) is 10.5. The summed E-state index contributed by atoms with van der Waals surface area (Å²) >= 11 is 12.2. The molecule has 0 spiro atoms. The smallest absolute Gasteiger partial charge is 0.244 e. The van der Waals surface area contributed by atoms with Crippen molar-refractivity contribution in [3.63, 3.8) is 0 Å². The Bertz CT molecular complexity index is 1260. The Morgan fingerprint density at radius 3 is 2.39 bits per heavy atom. The molecule has 2 aromatic carbocycles. The highest BCUT2D eigenvalue weighted by atomic mass is 35.5. The summed E-state index contributed by atoms with van der Waals surface area (Å²) in [6.45, 7) is 5.84. The molecule has 1 unspecified atom stereocenters. The summed E-state index contributed by atoms with van der Waals surface area (Å²) in [6, 6.07) is 8.78. The molecule has 0 aromatic heterocycles. The Hall–Kier alpha value is -2.69. The molecule has 2 amide bonds. The molecule has 12 heteroatoms. The number of carbonyl (C=O) groups is 2. The molecule has 1 heterocycles. The van der Waals surface area contributed by atoms with Crippen molar-refractivity contribution in [3.05, 3.63) is 52.0 Å². The highest BCUT2D eigenvalue weighted by Crippen LogP contribution is 2.35. The number of nitrogens with zero attached hydrogens (tertiary/aromatic N) is 2. The van der Waals surface area contributed by atoms with E-state index in [-0.39, 0.29) is 23.9 Å². The largest absolute Gasteiger partial charge is 0.486 e. The maximum atomic E-state index is 13.7. The van der Waals surface area contributed by atoms with Crippen molar-refractivity contribution in [3.8, 4) is 11.5 Å². The Morgan fingerprint density at radius 1 is 1.03 bits per heavy atom. The van der Waals surface area contributed by atoms with Gasteiger partial charge in [-0.05, 0) is 50.1 Å². The number of rotatable bonds is 12. The maximum Gasteiger partial charge on any atom is 0.244 e. The van der Waals surface area contributed by atoms with Crippen LogP contribution in [0.25, 0.3) is 0 Å². The lowest BCUT2D eigenvalue weighted by molar-refractivity contribution is -0.139. The standard InChI is InChI=1S/C26H33Cl2N3O6S/c1-4-6-11-29-26(33)18(3)30(16-19-7-9-21(27)22(28)14-19)25(32)17-31(38(34,35)5-2)20-8-10-23-24(15-20)37-13-12-36-23/h7-10,14-15,18H,4-6,11-13,16-17H2,1-3H3,(H,29,33). The number of nitrogens with one attached hydrogen (secondary N) is 1. The van der Waals surface area contributed by atoms with Crippen LogP contribution in [-0.2, 0) is 26.2 Å². The lowest BCUT2D eigenvalue weighted by Gasteiger charge is -2.32. The minimum atomic E-state index is -3.87. The van der Waals surface area contributed by atoms with Crippen LogP contribution >= 0.6 is 23.2 Å². The zero-order valence-corrected chi connectivity index (χ0v) is 24.0.